The first kappa shape index (κ1) is 13.6. The van der Waals surface area contributed by atoms with E-state index in [1.165, 1.54) is 16.9 Å². The molecule has 0 amide bonds. The van der Waals surface area contributed by atoms with E-state index in [9.17, 15) is 4.79 Å². The van der Waals surface area contributed by atoms with Crippen LogP contribution in [0.5, 0.6) is 0 Å². The maximum atomic E-state index is 11.7. The number of nitrogens with zero attached hydrogens (tertiary/aromatic N) is 1. The Bertz CT molecular complexity index is 563. The summed E-state index contributed by atoms with van der Waals surface area (Å²) >= 11 is 1.47. The molecule has 100 valence electrons. The summed E-state index contributed by atoms with van der Waals surface area (Å²) in [5, 5.41) is 1.03. The molecule has 0 spiro atoms. The van der Waals surface area contributed by atoms with Crippen LogP contribution in [0.4, 0.5) is 10.7 Å². The molecule has 3 nitrogen and oxygen atoms in total. The molecule has 0 aliphatic carbocycles. The second kappa shape index (κ2) is 5.89. The third-order valence-electron chi connectivity index (χ3n) is 2.96. The van der Waals surface area contributed by atoms with Gasteiger partial charge in [-0.3, -0.25) is 4.79 Å². The van der Waals surface area contributed by atoms with Crippen LogP contribution in [0.2, 0.25) is 0 Å². The van der Waals surface area contributed by atoms with Gasteiger partial charge in [-0.2, -0.15) is 0 Å². The fraction of sp³-hybridized carbons (Fsp3) is 0.267. The fourth-order valence-electron chi connectivity index (χ4n) is 1.89. The molecule has 0 aliphatic heterocycles. The zero-order chi connectivity index (χ0) is 13.8. The summed E-state index contributed by atoms with van der Waals surface area (Å²) in [4.78, 5) is 14.5. The van der Waals surface area contributed by atoms with Gasteiger partial charge in [0.25, 0.3) is 0 Å². The van der Waals surface area contributed by atoms with E-state index in [4.69, 9.17) is 5.73 Å². The molecule has 0 bridgehead atoms. The Kier molecular flexibility index (Phi) is 4.22. The molecule has 1 aromatic carbocycles. The minimum absolute atomic E-state index is 0.113. The molecule has 2 N–H and O–H groups in total. The summed E-state index contributed by atoms with van der Waals surface area (Å²) in [7, 11) is 2.01. The van der Waals surface area contributed by atoms with E-state index in [1.807, 2.05) is 38.2 Å². The Morgan fingerprint density at radius 1 is 1.32 bits per heavy atom. The molecule has 2 aromatic rings. The lowest BCUT2D eigenvalue weighted by Crippen LogP contribution is -2.14. The Balaban J connectivity index is 2.16. The number of Topliss-reactive ketones (excluding diaryl/α,β-unsaturated/α-hetero) is 1. The summed E-state index contributed by atoms with van der Waals surface area (Å²) < 4.78 is 0. The Morgan fingerprint density at radius 2 is 2.00 bits per heavy atom. The normalized spacial score (nSPS) is 10.4. The van der Waals surface area contributed by atoms with Crippen molar-refractivity contribution in [2.45, 2.75) is 19.9 Å². The highest BCUT2D eigenvalue weighted by atomic mass is 32.1. The highest BCUT2D eigenvalue weighted by Crippen LogP contribution is 2.33. The van der Waals surface area contributed by atoms with Crippen molar-refractivity contribution in [1.82, 2.24) is 0 Å². The zero-order valence-electron chi connectivity index (χ0n) is 11.2. The monoisotopic (exact) mass is 274 g/mol. The first-order chi connectivity index (χ1) is 9.11. The molecule has 0 atom stereocenters. The van der Waals surface area contributed by atoms with Crippen molar-refractivity contribution in [2.75, 3.05) is 17.7 Å². The fourth-order valence-corrected chi connectivity index (χ4v) is 2.94. The van der Waals surface area contributed by atoms with Crippen LogP contribution in [0, 0.1) is 0 Å². The summed E-state index contributed by atoms with van der Waals surface area (Å²) in [6.07, 6.45) is 0.493. The quantitative estimate of drug-likeness (QED) is 0.848. The number of hydrogen-bond donors (Lipinski definition) is 1. The van der Waals surface area contributed by atoms with Gasteiger partial charge in [-0.05, 0) is 11.6 Å². The molecule has 0 aliphatic rings. The number of nitrogen functional groups attached to an aromatic ring is 1. The molecule has 19 heavy (non-hydrogen) atoms. The summed E-state index contributed by atoms with van der Waals surface area (Å²) in [5.74, 6) is 0.113. The van der Waals surface area contributed by atoms with Crippen LogP contribution >= 0.6 is 11.3 Å². The van der Waals surface area contributed by atoms with Crippen LogP contribution in [-0.4, -0.2) is 12.8 Å². The van der Waals surface area contributed by atoms with Gasteiger partial charge in [0.15, 0.2) is 5.78 Å². The molecule has 0 radical (unpaired) electrons. The lowest BCUT2D eigenvalue weighted by atomic mass is 10.2. The highest BCUT2D eigenvalue weighted by Gasteiger charge is 2.14. The van der Waals surface area contributed by atoms with Crippen LogP contribution in [0.15, 0.2) is 36.4 Å². The number of hydrogen-bond acceptors (Lipinski definition) is 4. The predicted molar refractivity (Wildman–Crippen MR) is 81.9 cm³/mol. The van der Waals surface area contributed by atoms with Crippen molar-refractivity contribution in [3.05, 3.63) is 46.8 Å². The van der Waals surface area contributed by atoms with Crippen molar-refractivity contribution in [3.8, 4) is 0 Å². The van der Waals surface area contributed by atoms with Crippen LogP contribution in [0.3, 0.4) is 0 Å². The number of rotatable bonds is 5. The SMILES string of the molecule is CCC(=O)c1sc(N(C)Cc2ccccc2)cc1N. The van der Waals surface area contributed by atoms with E-state index in [2.05, 4.69) is 17.0 Å². The molecule has 2 rings (SSSR count). The van der Waals surface area contributed by atoms with E-state index in [1.54, 1.807) is 0 Å². The van der Waals surface area contributed by atoms with Gasteiger partial charge in [0, 0.05) is 20.0 Å². The molecule has 1 heterocycles. The number of nitrogens with two attached hydrogens (primary N) is 1. The van der Waals surface area contributed by atoms with E-state index in [0.717, 1.165) is 11.5 Å². The number of anilines is 2. The Morgan fingerprint density at radius 3 is 2.63 bits per heavy atom. The number of carbonyl (C=O) groups excluding carboxylic acids is 1. The average Bonchev–Trinajstić information content (AvgIpc) is 2.81. The Hall–Kier alpha value is -1.81. The van der Waals surface area contributed by atoms with Crippen LogP contribution in [0.25, 0.3) is 0 Å². The first-order valence-electron chi connectivity index (χ1n) is 6.29. The lowest BCUT2D eigenvalue weighted by Gasteiger charge is -2.16. The molecule has 0 saturated carbocycles. The molecule has 1 aromatic heterocycles. The van der Waals surface area contributed by atoms with Gasteiger partial charge >= 0.3 is 0 Å². The molecule has 0 fully saturated rings. The van der Waals surface area contributed by atoms with Crippen molar-refractivity contribution >= 4 is 27.8 Å². The number of carbonyl (C=O) groups is 1. The molecular formula is C15H18N2OS. The maximum Gasteiger partial charge on any atom is 0.174 e. The minimum atomic E-state index is 0.113. The third-order valence-corrected chi connectivity index (χ3v) is 4.27. The van der Waals surface area contributed by atoms with E-state index < -0.39 is 0 Å². The van der Waals surface area contributed by atoms with E-state index >= 15 is 0 Å². The molecule has 0 saturated heterocycles. The zero-order valence-corrected chi connectivity index (χ0v) is 12.0. The predicted octanol–water partition coefficient (Wildman–Crippen LogP) is 3.56. The largest absolute Gasteiger partial charge is 0.397 e. The van der Waals surface area contributed by atoms with Crippen LogP contribution in [0.1, 0.15) is 28.6 Å². The van der Waals surface area contributed by atoms with Crippen molar-refractivity contribution in [1.29, 1.82) is 0 Å². The summed E-state index contributed by atoms with van der Waals surface area (Å²) in [6.45, 7) is 2.66. The maximum absolute atomic E-state index is 11.7. The van der Waals surface area contributed by atoms with Gasteiger partial charge in [0.2, 0.25) is 0 Å². The third kappa shape index (κ3) is 3.15. The average molecular weight is 274 g/mol. The van der Waals surface area contributed by atoms with Gasteiger partial charge in [0.05, 0.1) is 15.6 Å². The van der Waals surface area contributed by atoms with Crippen LogP contribution < -0.4 is 10.6 Å². The summed E-state index contributed by atoms with van der Waals surface area (Å²) in [5.41, 5.74) is 7.74. The minimum Gasteiger partial charge on any atom is -0.397 e. The van der Waals surface area contributed by atoms with E-state index in [0.29, 0.717) is 17.0 Å². The van der Waals surface area contributed by atoms with Gasteiger partial charge in [-0.15, -0.1) is 11.3 Å². The standard InChI is InChI=1S/C15H18N2OS/c1-3-13(18)15-12(16)9-14(19-15)17(2)10-11-7-5-4-6-8-11/h4-9H,3,10,16H2,1-2H3. The molecule has 0 unspecified atom stereocenters. The van der Waals surface area contributed by atoms with Crippen molar-refractivity contribution in [3.63, 3.8) is 0 Å². The first-order valence-corrected chi connectivity index (χ1v) is 7.11. The van der Waals surface area contributed by atoms with Crippen molar-refractivity contribution in [2.24, 2.45) is 0 Å². The topological polar surface area (TPSA) is 46.3 Å². The Labute approximate surface area is 117 Å². The van der Waals surface area contributed by atoms with E-state index in [-0.39, 0.29) is 5.78 Å². The summed E-state index contributed by atoms with van der Waals surface area (Å²) in [6, 6.07) is 12.1. The van der Waals surface area contributed by atoms with Gasteiger partial charge in [0.1, 0.15) is 0 Å². The smallest absolute Gasteiger partial charge is 0.174 e. The molecule has 4 heteroatoms. The second-order valence-electron chi connectivity index (χ2n) is 4.49. The number of ketones is 1. The van der Waals surface area contributed by atoms with Crippen molar-refractivity contribution < 1.29 is 4.79 Å². The van der Waals surface area contributed by atoms with Crippen LogP contribution in [-0.2, 0) is 6.54 Å². The second-order valence-corrected chi connectivity index (χ2v) is 5.52. The van der Waals surface area contributed by atoms with Gasteiger partial charge < -0.3 is 10.6 Å². The number of benzene rings is 1. The van der Waals surface area contributed by atoms with Gasteiger partial charge in [-0.1, -0.05) is 37.3 Å². The highest BCUT2D eigenvalue weighted by molar-refractivity contribution is 7.18. The van der Waals surface area contributed by atoms with Gasteiger partial charge in [-0.25, -0.2) is 0 Å². The number of thiophene rings is 1. The molecular weight excluding hydrogens is 256 g/mol. The lowest BCUT2D eigenvalue weighted by molar-refractivity contribution is 0.0993.